The number of carbonyl (C=O) groups excluding carboxylic acids is 1. The lowest BCUT2D eigenvalue weighted by atomic mass is 9.95. The zero-order valence-electron chi connectivity index (χ0n) is 16.0. The lowest BCUT2D eigenvalue weighted by molar-refractivity contribution is -0.136. The molecule has 0 aromatic heterocycles. The van der Waals surface area contributed by atoms with E-state index in [-0.39, 0.29) is 23.3 Å². The summed E-state index contributed by atoms with van der Waals surface area (Å²) < 4.78 is 45.9. The molecule has 154 valence electrons. The standard InChI is InChI=1S/C21H23FN2O4S/c22-18-6-8-19(9-7-18)29(26,27)24-11-3-10-23(12-13-24)21(25)17-14-16-4-1-2-5-20(16)28-15-17/h1-2,4-9,17H,3,10-15H2/t17-/m1/s1. The molecule has 0 spiro atoms. The Balaban J connectivity index is 1.42. The quantitative estimate of drug-likeness (QED) is 0.767. The number of amides is 1. The van der Waals surface area contributed by atoms with Gasteiger partial charge in [0.2, 0.25) is 15.9 Å². The van der Waals surface area contributed by atoms with Gasteiger partial charge < -0.3 is 9.64 Å². The minimum atomic E-state index is -3.71. The van der Waals surface area contributed by atoms with Gasteiger partial charge in [-0.25, -0.2) is 12.8 Å². The normalized spacial score (nSPS) is 20.4. The minimum absolute atomic E-state index is 0.000494. The average molecular weight is 418 g/mol. The molecule has 1 atom stereocenters. The zero-order valence-corrected chi connectivity index (χ0v) is 16.8. The average Bonchev–Trinajstić information content (AvgIpc) is 3.00. The van der Waals surface area contributed by atoms with E-state index in [0.717, 1.165) is 23.4 Å². The van der Waals surface area contributed by atoms with Crippen molar-refractivity contribution >= 4 is 15.9 Å². The van der Waals surface area contributed by atoms with Crippen molar-refractivity contribution in [2.24, 2.45) is 5.92 Å². The molecule has 0 saturated carbocycles. The molecule has 0 aliphatic carbocycles. The van der Waals surface area contributed by atoms with Crippen LogP contribution in [0.4, 0.5) is 4.39 Å². The fraction of sp³-hybridized carbons (Fsp3) is 0.381. The van der Waals surface area contributed by atoms with E-state index in [1.807, 2.05) is 24.3 Å². The van der Waals surface area contributed by atoms with E-state index in [0.29, 0.717) is 39.1 Å². The third-order valence-electron chi connectivity index (χ3n) is 5.45. The van der Waals surface area contributed by atoms with E-state index in [4.69, 9.17) is 4.74 Å². The number of halogens is 1. The predicted octanol–water partition coefficient (Wildman–Crippen LogP) is 2.30. The molecule has 2 aromatic rings. The van der Waals surface area contributed by atoms with Crippen molar-refractivity contribution in [3.8, 4) is 5.75 Å². The molecule has 0 unspecified atom stereocenters. The van der Waals surface area contributed by atoms with Gasteiger partial charge in [0.05, 0.1) is 10.8 Å². The molecular formula is C21H23FN2O4S. The summed E-state index contributed by atoms with van der Waals surface area (Å²) in [5.74, 6) is 0.0857. The first-order valence-corrected chi connectivity index (χ1v) is 11.1. The number of carbonyl (C=O) groups is 1. The molecule has 2 aliphatic heterocycles. The highest BCUT2D eigenvalue weighted by molar-refractivity contribution is 7.89. The van der Waals surface area contributed by atoms with Gasteiger partial charge in [0.1, 0.15) is 18.2 Å². The highest BCUT2D eigenvalue weighted by Crippen LogP contribution is 2.28. The molecule has 2 aromatic carbocycles. The van der Waals surface area contributed by atoms with Crippen LogP contribution in [0.25, 0.3) is 0 Å². The number of ether oxygens (including phenoxy) is 1. The van der Waals surface area contributed by atoms with Gasteiger partial charge in [0, 0.05) is 26.2 Å². The first kappa shape index (κ1) is 19.8. The zero-order chi connectivity index (χ0) is 20.4. The summed E-state index contributed by atoms with van der Waals surface area (Å²) in [6.45, 7) is 1.72. The maximum Gasteiger partial charge on any atom is 0.243 e. The third kappa shape index (κ3) is 4.13. The van der Waals surface area contributed by atoms with Crippen molar-refractivity contribution < 1.29 is 22.3 Å². The molecule has 1 fully saturated rings. The number of fused-ring (bicyclic) bond motifs is 1. The largest absolute Gasteiger partial charge is 0.492 e. The van der Waals surface area contributed by atoms with Crippen LogP contribution in [0.3, 0.4) is 0 Å². The Hall–Kier alpha value is -2.45. The van der Waals surface area contributed by atoms with Crippen molar-refractivity contribution in [1.82, 2.24) is 9.21 Å². The van der Waals surface area contributed by atoms with Crippen LogP contribution in [0.15, 0.2) is 53.4 Å². The Morgan fingerprint density at radius 3 is 2.55 bits per heavy atom. The van der Waals surface area contributed by atoms with E-state index in [9.17, 15) is 17.6 Å². The van der Waals surface area contributed by atoms with Crippen molar-refractivity contribution in [2.45, 2.75) is 17.7 Å². The van der Waals surface area contributed by atoms with Crippen LogP contribution in [-0.2, 0) is 21.2 Å². The molecule has 29 heavy (non-hydrogen) atoms. The minimum Gasteiger partial charge on any atom is -0.492 e. The second-order valence-corrected chi connectivity index (χ2v) is 9.29. The smallest absolute Gasteiger partial charge is 0.243 e. The number of para-hydroxylation sites is 1. The molecular weight excluding hydrogens is 395 g/mol. The molecule has 6 nitrogen and oxygen atoms in total. The summed E-state index contributed by atoms with van der Waals surface area (Å²) in [6, 6.07) is 12.5. The monoisotopic (exact) mass is 418 g/mol. The highest BCUT2D eigenvalue weighted by Gasteiger charge is 2.32. The van der Waals surface area contributed by atoms with Crippen LogP contribution in [0.1, 0.15) is 12.0 Å². The number of sulfonamides is 1. The first-order valence-electron chi connectivity index (χ1n) is 9.70. The van der Waals surface area contributed by atoms with Crippen LogP contribution >= 0.6 is 0 Å². The summed E-state index contributed by atoms with van der Waals surface area (Å²) in [4.78, 5) is 14.8. The Kier molecular flexibility index (Phi) is 5.56. The molecule has 1 saturated heterocycles. The molecule has 8 heteroatoms. The number of nitrogens with zero attached hydrogens (tertiary/aromatic N) is 2. The highest BCUT2D eigenvalue weighted by atomic mass is 32.2. The molecule has 2 aliphatic rings. The van der Waals surface area contributed by atoms with E-state index < -0.39 is 15.8 Å². The number of benzene rings is 2. The Labute approximate surface area is 169 Å². The van der Waals surface area contributed by atoms with Crippen LogP contribution in [0.2, 0.25) is 0 Å². The Bertz CT molecular complexity index is 994. The van der Waals surface area contributed by atoms with Gasteiger partial charge in [-0.15, -0.1) is 0 Å². The predicted molar refractivity (Wildman–Crippen MR) is 105 cm³/mol. The SMILES string of the molecule is O=C([C@H]1COc2ccccc2C1)N1CCCN(S(=O)(=O)c2ccc(F)cc2)CC1. The number of hydrogen-bond donors (Lipinski definition) is 0. The third-order valence-corrected chi connectivity index (χ3v) is 7.36. The molecule has 1 amide bonds. The Morgan fingerprint density at radius 1 is 1.00 bits per heavy atom. The van der Waals surface area contributed by atoms with Crippen molar-refractivity contribution in [1.29, 1.82) is 0 Å². The summed E-state index contributed by atoms with van der Waals surface area (Å²) in [5.41, 5.74) is 1.02. The van der Waals surface area contributed by atoms with Crippen LogP contribution < -0.4 is 4.74 Å². The van der Waals surface area contributed by atoms with E-state index in [2.05, 4.69) is 0 Å². The fourth-order valence-electron chi connectivity index (χ4n) is 3.85. The second kappa shape index (κ2) is 8.12. The Morgan fingerprint density at radius 2 is 1.76 bits per heavy atom. The maximum atomic E-state index is 13.1. The first-order chi connectivity index (χ1) is 13.9. The summed E-state index contributed by atoms with van der Waals surface area (Å²) in [5, 5.41) is 0. The van der Waals surface area contributed by atoms with Gasteiger partial charge in [-0.1, -0.05) is 18.2 Å². The lowest BCUT2D eigenvalue weighted by Crippen LogP contribution is -2.43. The van der Waals surface area contributed by atoms with Crippen LogP contribution in [-0.4, -0.2) is 56.3 Å². The molecule has 4 rings (SSSR count). The molecule has 2 heterocycles. The summed E-state index contributed by atoms with van der Waals surface area (Å²) >= 11 is 0. The fourth-order valence-corrected chi connectivity index (χ4v) is 5.32. The van der Waals surface area contributed by atoms with Gasteiger partial charge >= 0.3 is 0 Å². The van der Waals surface area contributed by atoms with Gasteiger partial charge in [0.25, 0.3) is 0 Å². The van der Waals surface area contributed by atoms with Gasteiger partial charge in [0.15, 0.2) is 0 Å². The molecule has 0 radical (unpaired) electrons. The van der Waals surface area contributed by atoms with Crippen molar-refractivity contribution in [3.05, 3.63) is 59.9 Å². The summed E-state index contributed by atoms with van der Waals surface area (Å²) in [7, 11) is -3.71. The van der Waals surface area contributed by atoms with E-state index in [1.165, 1.54) is 16.4 Å². The maximum absolute atomic E-state index is 13.1. The van der Waals surface area contributed by atoms with E-state index >= 15 is 0 Å². The number of hydrogen-bond acceptors (Lipinski definition) is 4. The van der Waals surface area contributed by atoms with Crippen molar-refractivity contribution in [2.75, 3.05) is 32.8 Å². The van der Waals surface area contributed by atoms with Crippen molar-refractivity contribution in [3.63, 3.8) is 0 Å². The molecule has 0 N–H and O–H groups in total. The van der Waals surface area contributed by atoms with Gasteiger partial charge in [-0.3, -0.25) is 4.79 Å². The van der Waals surface area contributed by atoms with Gasteiger partial charge in [-0.05, 0) is 48.7 Å². The molecule has 0 bridgehead atoms. The van der Waals surface area contributed by atoms with E-state index in [1.54, 1.807) is 4.90 Å². The number of rotatable bonds is 3. The summed E-state index contributed by atoms with van der Waals surface area (Å²) in [6.07, 6.45) is 1.18. The van der Waals surface area contributed by atoms with Crippen LogP contribution in [0.5, 0.6) is 5.75 Å². The second-order valence-electron chi connectivity index (χ2n) is 7.36. The topological polar surface area (TPSA) is 66.9 Å². The van der Waals surface area contributed by atoms with Crippen LogP contribution in [0, 0.1) is 11.7 Å². The van der Waals surface area contributed by atoms with Gasteiger partial charge in [-0.2, -0.15) is 4.31 Å². The lowest BCUT2D eigenvalue weighted by Gasteiger charge is -2.29.